The highest BCUT2D eigenvalue weighted by Crippen LogP contribution is 2.31. The smallest absolute Gasteiger partial charge is 0.191 e. The SMILES string of the molecule is CC1(C)CN=C(NCCC2CC2)NC1. The van der Waals surface area contributed by atoms with Crippen LogP contribution in [-0.4, -0.2) is 25.6 Å². The third kappa shape index (κ3) is 2.89. The Morgan fingerprint density at radius 3 is 2.86 bits per heavy atom. The summed E-state index contributed by atoms with van der Waals surface area (Å²) in [6.45, 7) is 7.53. The van der Waals surface area contributed by atoms with Crippen LogP contribution in [0.4, 0.5) is 0 Å². The van der Waals surface area contributed by atoms with Crippen molar-refractivity contribution >= 4 is 5.96 Å². The number of hydrogen-bond donors (Lipinski definition) is 2. The fourth-order valence-corrected chi connectivity index (χ4v) is 1.65. The first-order valence-corrected chi connectivity index (χ1v) is 5.68. The third-order valence-corrected chi connectivity index (χ3v) is 2.94. The van der Waals surface area contributed by atoms with Crippen LogP contribution in [0, 0.1) is 11.3 Å². The van der Waals surface area contributed by atoms with Gasteiger partial charge in [0.15, 0.2) is 5.96 Å². The quantitative estimate of drug-likeness (QED) is 0.713. The minimum atomic E-state index is 0.321. The van der Waals surface area contributed by atoms with Gasteiger partial charge < -0.3 is 10.6 Å². The van der Waals surface area contributed by atoms with Crippen LogP contribution in [0.25, 0.3) is 0 Å². The van der Waals surface area contributed by atoms with Crippen LogP contribution in [0.1, 0.15) is 33.1 Å². The van der Waals surface area contributed by atoms with Gasteiger partial charge >= 0.3 is 0 Å². The summed E-state index contributed by atoms with van der Waals surface area (Å²) in [5, 5.41) is 6.71. The predicted octanol–water partition coefficient (Wildman–Crippen LogP) is 1.36. The molecule has 14 heavy (non-hydrogen) atoms. The van der Waals surface area contributed by atoms with E-state index in [0.717, 1.165) is 31.5 Å². The molecule has 2 aliphatic rings. The van der Waals surface area contributed by atoms with Gasteiger partial charge in [-0.15, -0.1) is 0 Å². The standard InChI is InChI=1S/C11H21N3/c1-11(2)7-13-10(14-8-11)12-6-5-9-3-4-9/h9H,3-8H2,1-2H3,(H2,12,13,14). The topological polar surface area (TPSA) is 36.4 Å². The Kier molecular flexibility index (Phi) is 2.66. The molecule has 0 atom stereocenters. The zero-order valence-corrected chi connectivity index (χ0v) is 9.27. The van der Waals surface area contributed by atoms with E-state index in [4.69, 9.17) is 0 Å². The van der Waals surface area contributed by atoms with Gasteiger partial charge in [-0.1, -0.05) is 26.7 Å². The maximum Gasteiger partial charge on any atom is 0.191 e. The minimum Gasteiger partial charge on any atom is -0.356 e. The predicted molar refractivity (Wildman–Crippen MR) is 59.4 cm³/mol. The second-order valence-electron chi connectivity index (χ2n) is 5.34. The number of hydrogen-bond acceptors (Lipinski definition) is 3. The van der Waals surface area contributed by atoms with Crippen molar-refractivity contribution < 1.29 is 0 Å². The zero-order chi connectivity index (χ0) is 10.0. The fraction of sp³-hybridized carbons (Fsp3) is 0.909. The van der Waals surface area contributed by atoms with Crippen molar-refractivity contribution in [2.45, 2.75) is 33.1 Å². The highest BCUT2D eigenvalue weighted by Gasteiger charge is 2.23. The molecule has 80 valence electrons. The van der Waals surface area contributed by atoms with Crippen LogP contribution in [-0.2, 0) is 0 Å². The number of aliphatic imine (C=N–C) groups is 1. The Morgan fingerprint density at radius 2 is 2.29 bits per heavy atom. The van der Waals surface area contributed by atoms with E-state index in [9.17, 15) is 0 Å². The summed E-state index contributed by atoms with van der Waals surface area (Å²) in [5.74, 6) is 2.01. The maximum absolute atomic E-state index is 4.49. The Balaban J connectivity index is 1.67. The van der Waals surface area contributed by atoms with Gasteiger partial charge in [0.1, 0.15) is 0 Å². The molecule has 0 aromatic heterocycles. The van der Waals surface area contributed by atoms with E-state index in [2.05, 4.69) is 29.5 Å². The zero-order valence-electron chi connectivity index (χ0n) is 9.27. The molecule has 0 amide bonds. The molecule has 0 bridgehead atoms. The average molecular weight is 195 g/mol. The second kappa shape index (κ2) is 3.79. The summed E-state index contributed by atoms with van der Waals surface area (Å²) in [5.41, 5.74) is 0.321. The minimum absolute atomic E-state index is 0.321. The first-order chi connectivity index (χ1) is 6.66. The second-order valence-corrected chi connectivity index (χ2v) is 5.34. The normalized spacial score (nSPS) is 25.1. The lowest BCUT2D eigenvalue weighted by molar-refractivity contribution is 0.358. The van der Waals surface area contributed by atoms with Gasteiger partial charge in [0.05, 0.1) is 0 Å². The van der Waals surface area contributed by atoms with E-state index >= 15 is 0 Å². The van der Waals surface area contributed by atoms with Crippen molar-refractivity contribution in [3.05, 3.63) is 0 Å². The maximum atomic E-state index is 4.49. The first kappa shape index (κ1) is 9.81. The van der Waals surface area contributed by atoms with Crippen molar-refractivity contribution in [2.75, 3.05) is 19.6 Å². The van der Waals surface area contributed by atoms with E-state index in [0.29, 0.717) is 5.41 Å². The molecule has 2 rings (SSSR count). The van der Waals surface area contributed by atoms with E-state index in [-0.39, 0.29) is 0 Å². The van der Waals surface area contributed by atoms with Gasteiger partial charge in [-0.05, 0) is 12.3 Å². The summed E-state index contributed by atoms with van der Waals surface area (Å²) < 4.78 is 0. The van der Waals surface area contributed by atoms with E-state index in [1.54, 1.807) is 0 Å². The van der Waals surface area contributed by atoms with Gasteiger partial charge in [-0.2, -0.15) is 0 Å². The largest absolute Gasteiger partial charge is 0.356 e. The molecule has 1 aliphatic heterocycles. The Labute approximate surface area is 86.4 Å². The molecule has 0 spiro atoms. The molecule has 0 saturated heterocycles. The molecule has 1 saturated carbocycles. The van der Waals surface area contributed by atoms with Crippen LogP contribution in [0.3, 0.4) is 0 Å². The summed E-state index contributed by atoms with van der Waals surface area (Å²) in [4.78, 5) is 4.49. The third-order valence-electron chi connectivity index (χ3n) is 2.94. The Hall–Kier alpha value is -0.730. The van der Waals surface area contributed by atoms with Gasteiger partial charge in [-0.25, -0.2) is 0 Å². The molecule has 3 nitrogen and oxygen atoms in total. The molecule has 2 N–H and O–H groups in total. The van der Waals surface area contributed by atoms with Crippen LogP contribution in [0.5, 0.6) is 0 Å². The monoisotopic (exact) mass is 195 g/mol. The van der Waals surface area contributed by atoms with E-state index < -0.39 is 0 Å². The van der Waals surface area contributed by atoms with Crippen LogP contribution in [0.15, 0.2) is 4.99 Å². The number of nitrogens with zero attached hydrogens (tertiary/aromatic N) is 1. The molecular weight excluding hydrogens is 174 g/mol. The van der Waals surface area contributed by atoms with Crippen LogP contribution in [0.2, 0.25) is 0 Å². The van der Waals surface area contributed by atoms with Gasteiger partial charge in [-0.3, -0.25) is 4.99 Å². The van der Waals surface area contributed by atoms with Crippen LogP contribution < -0.4 is 10.6 Å². The molecule has 0 aromatic carbocycles. The fourth-order valence-electron chi connectivity index (χ4n) is 1.65. The van der Waals surface area contributed by atoms with Crippen molar-refractivity contribution in [2.24, 2.45) is 16.3 Å². The van der Waals surface area contributed by atoms with Crippen molar-refractivity contribution in [3.8, 4) is 0 Å². The average Bonchev–Trinajstić information content (AvgIpc) is 2.92. The lowest BCUT2D eigenvalue weighted by Crippen LogP contribution is -2.47. The molecule has 1 heterocycles. The highest BCUT2D eigenvalue weighted by molar-refractivity contribution is 5.80. The summed E-state index contributed by atoms with van der Waals surface area (Å²) in [7, 11) is 0. The van der Waals surface area contributed by atoms with Crippen molar-refractivity contribution in [1.29, 1.82) is 0 Å². The molecule has 1 aliphatic carbocycles. The highest BCUT2D eigenvalue weighted by atomic mass is 15.2. The first-order valence-electron chi connectivity index (χ1n) is 5.68. The number of rotatable bonds is 3. The van der Waals surface area contributed by atoms with Gasteiger partial charge in [0, 0.05) is 25.0 Å². The summed E-state index contributed by atoms with van der Waals surface area (Å²) in [6.07, 6.45) is 4.19. The van der Waals surface area contributed by atoms with Gasteiger partial charge in [0.2, 0.25) is 0 Å². The van der Waals surface area contributed by atoms with E-state index in [1.807, 2.05) is 0 Å². The molecule has 1 fully saturated rings. The summed E-state index contributed by atoms with van der Waals surface area (Å²) in [6, 6.07) is 0. The Morgan fingerprint density at radius 1 is 1.50 bits per heavy atom. The van der Waals surface area contributed by atoms with Gasteiger partial charge in [0.25, 0.3) is 0 Å². The molecule has 3 heteroatoms. The number of guanidine groups is 1. The van der Waals surface area contributed by atoms with Crippen molar-refractivity contribution in [1.82, 2.24) is 10.6 Å². The lowest BCUT2D eigenvalue weighted by atomic mass is 9.93. The summed E-state index contributed by atoms with van der Waals surface area (Å²) >= 11 is 0. The lowest BCUT2D eigenvalue weighted by Gasteiger charge is -2.29. The molecule has 0 radical (unpaired) electrons. The Bertz CT molecular complexity index is 229. The molecule has 0 unspecified atom stereocenters. The van der Waals surface area contributed by atoms with Crippen LogP contribution >= 0.6 is 0 Å². The molecular formula is C11H21N3. The molecule has 0 aromatic rings. The van der Waals surface area contributed by atoms with Crippen molar-refractivity contribution in [3.63, 3.8) is 0 Å². The number of nitrogens with one attached hydrogen (secondary N) is 2. The van der Waals surface area contributed by atoms with E-state index in [1.165, 1.54) is 19.3 Å².